The fraction of sp³-hybridized carbons (Fsp3) is 0.538. The summed E-state index contributed by atoms with van der Waals surface area (Å²) in [5.74, 6) is 0.162. The van der Waals surface area contributed by atoms with Crippen LogP contribution in [0.3, 0.4) is 0 Å². The van der Waals surface area contributed by atoms with E-state index in [-0.39, 0.29) is 17.2 Å². The molecule has 3 heterocycles. The minimum absolute atomic E-state index is 0.00277. The van der Waals surface area contributed by atoms with Crippen LogP contribution in [0.5, 0.6) is 0 Å². The molecule has 0 unspecified atom stereocenters. The number of piperidine rings is 1. The second kappa shape index (κ2) is 4.15. The Balaban J connectivity index is 1.67. The molecule has 1 spiro atoms. The van der Waals surface area contributed by atoms with E-state index in [4.69, 9.17) is 4.42 Å². The fourth-order valence-corrected chi connectivity index (χ4v) is 2.90. The van der Waals surface area contributed by atoms with E-state index in [1.54, 1.807) is 6.07 Å². The first kappa shape index (κ1) is 11.3. The third kappa shape index (κ3) is 1.70. The van der Waals surface area contributed by atoms with E-state index in [0.717, 1.165) is 25.8 Å². The SMILES string of the molecule is O=C(c1ccoc1)N1CCC2(CCNC2=O)CC1. The molecule has 1 aromatic rings. The molecule has 2 aliphatic heterocycles. The standard InChI is InChI=1S/C13H16N2O3/c16-11(10-1-8-18-9-10)15-6-3-13(4-7-15)2-5-14-12(13)17/h1,8-9H,2-7H2,(H,14,17). The summed E-state index contributed by atoms with van der Waals surface area (Å²) in [6, 6.07) is 1.68. The lowest BCUT2D eigenvalue weighted by Gasteiger charge is -2.37. The average molecular weight is 248 g/mol. The summed E-state index contributed by atoms with van der Waals surface area (Å²) < 4.78 is 4.93. The summed E-state index contributed by atoms with van der Waals surface area (Å²) >= 11 is 0. The van der Waals surface area contributed by atoms with Crippen LogP contribution in [-0.2, 0) is 4.79 Å². The first-order valence-corrected chi connectivity index (χ1v) is 6.31. The van der Waals surface area contributed by atoms with Gasteiger partial charge in [0.05, 0.1) is 17.2 Å². The minimum Gasteiger partial charge on any atom is -0.472 e. The maximum atomic E-state index is 12.1. The van der Waals surface area contributed by atoms with Crippen molar-refractivity contribution in [2.45, 2.75) is 19.3 Å². The Morgan fingerprint density at radius 1 is 1.33 bits per heavy atom. The van der Waals surface area contributed by atoms with E-state index >= 15 is 0 Å². The van der Waals surface area contributed by atoms with Gasteiger partial charge in [-0.1, -0.05) is 0 Å². The van der Waals surface area contributed by atoms with Gasteiger partial charge in [0, 0.05) is 19.6 Å². The average Bonchev–Trinajstić information content (AvgIpc) is 3.02. The molecule has 0 saturated carbocycles. The van der Waals surface area contributed by atoms with Gasteiger partial charge in [0.25, 0.3) is 5.91 Å². The number of carbonyl (C=O) groups excluding carboxylic acids is 2. The van der Waals surface area contributed by atoms with E-state index in [0.29, 0.717) is 18.7 Å². The lowest BCUT2D eigenvalue weighted by molar-refractivity contribution is -0.129. The molecule has 5 heteroatoms. The Kier molecular flexibility index (Phi) is 2.61. The van der Waals surface area contributed by atoms with Crippen LogP contribution in [0.1, 0.15) is 29.6 Å². The highest BCUT2D eigenvalue weighted by molar-refractivity contribution is 5.94. The summed E-state index contributed by atoms with van der Waals surface area (Å²) in [4.78, 5) is 25.7. The molecule has 0 atom stereocenters. The van der Waals surface area contributed by atoms with Gasteiger partial charge in [-0.3, -0.25) is 9.59 Å². The fourth-order valence-electron chi connectivity index (χ4n) is 2.90. The number of amides is 2. The number of hydrogen-bond donors (Lipinski definition) is 1. The molecule has 2 saturated heterocycles. The highest BCUT2D eigenvalue weighted by Gasteiger charge is 2.45. The largest absolute Gasteiger partial charge is 0.472 e. The third-order valence-electron chi connectivity index (χ3n) is 4.15. The van der Waals surface area contributed by atoms with E-state index in [1.807, 2.05) is 4.90 Å². The molecule has 0 radical (unpaired) electrons. The first-order valence-electron chi connectivity index (χ1n) is 6.31. The Morgan fingerprint density at radius 2 is 2.11 bits per heavy atom. The van der Waals surface area contributed by atoms with Crippen LogP contribution in [0.4, 0.5) is 0 Å². The van der Waals surface area contributed by atoms with Crippen molar-refractivity contribution in [3.63, 3.8) is 0 Å². The summed E-state index contributed by atoms with van der Waals surface area (Å²) in [6.45, 7) is 2.07. The Labute approximate surface area is 105 Å². The molecule has 0 aliphatic carbocycles. The Morgan fingerprint density at radius 3 is 2.67 bits per heavy atom. The first-order chi connectivity index (χ1) is 8.71. The van der Waals surface area contributed by atoms with E-state index < -0.39 is 0 Å². The molecule has 0 bridgehead atoms. The number of hydrogen-bond acceptors (Lipinski definition) is 3. The topological polar surface area (TPSA) is 62.6 Å². The maximum absolute atomic E-state index is 12.1. The summed E-state index contributed by atoms with van der Waals surface area (Å²) in [5.41, 5.74) is 0.370. The van der Waals surface area contributed by atoms with Crippen molar-refractivity contribution in [1.29, 1.82) is 0 Å². The maximum Gasteiger partial charge on any atom is 0.257 e. The summed E-state index contributed by atoms with van der Waals surface area (Å²) in [5, 5.41) is 2.89. The predicted octanol–water partition coefficient (Wildman–Crippen LogP) is 1.02. The molecule has 1 N–H and O–H groups in total. The van der Waals surface area contributed by atoms with Gasteiger partial charge in [0.1, 0.15) is 6.26 Å². The molecule has 2 amide bonds. The van der Waals surface area contributed by atoms with Crippen LogP contribution in [0.25, 0.3) is 0 Å². The monoisotopic (exact) mass is 248 g/mol. The van der Waals surface area contributed by atoms with Crippen molar-refractivity contribution in [1.82, 2.24) is 10.2 Å². The zero-order chi connectivity index (χ0) is 12.6. The smallest absolute Gasteiger partial charge is 0.257 e. The van der Waals surface area contributed by atoms with Crippen molar-refractivity contribution in [2.75, 3.05) is 19.6 Å². The molecule has 2 fully saturated rings. The lowest BCUT2D eigenvalue weighted by Crippen LogP contribution is -2.46. The third-order valence-corrected chi connectivity index (χ3v) is 4.15. The highest BCUT2D eigenvalue weighted by Crippen LogP contribution is 2.38. The highest BCUT2D eigenvalue weighted by atomic mass is 16.3. The van der Waals surface area contributed by atoms with Crippen molar-refractivity contribution in [3.05, 3.63) is 24.2 Å². The van der Waals surface area contributed by atoms with Gasteiger partial charge >= 0.3 is 0 Å². The predicted molar refractivity (Wildman–Crippen MR) is 63.9 cm³/mol. The van der Waals surface area contributed by atoms with Gasteiger partial charge in [-0.05, 0) is 25.3 Å². The number of furan rings is 1. The van der Waals surface area contributed by atoms with Gasteiger partial charge < -0.3 is 14.6 Å². The summed E-state index contributed by atoms with van der Waals surface area (Å²) in [6.07, 6.45) is 5.41. The lowest BCUT2D eigenvalue weighted by atomic mass is 9.77. The van der Waals surface area contributed by atoms with Crippen LogP contribution < -0.4 is 5.32 Å². The minimum atomic E-state index is -0.215. The van der Waals surface area contributed by atoms with Crippen molar-refractivity contribution >= 4 is 11.8 Å². The van der Waals surface area contributed by atoms with Gasteiger partial charge in [-0.15, -0.1) is 0 Å². The number of nitrogens with one attached hydrogen (secondary N) is 1. The quantitative estimate of drug-likeness (QED) is 0.807. The van der Waals surface area contributed by atoms with E-state index in [9.17, 15) is 9.59 Å². The zero-order valence-electron chi connectivity index (χ0n) is 10.1. The molecule has 5 nitrogen and oxygen atoms in total. The number of likely N-dealkylation sites (tertiary alicyclic amines) is 1. The Bertz CT molecular complexity index is 459. The molecule has 96 valence electrons. The molecule has 3 rings (SSSR count). The van der Waals surface area contributed by atoms with Gasteiger partial charge in [-0.2, -0.15) is 0 Å². The van der Waals surface area contributed by atoms with Crippen LogP contribution in [-0.4, -0.2) is 36.3 Å². The van der Waals surface area contributed by atoms with Crippen molar-refractivity contribution in [3.8, 4) is 0 Å². The number of carbonyl (C=O) groups is 2. The van der Waals surface area contributed by atoms with E-state index in [1.165, 1.54) is 12.5 Å². The molecule has 1 aromatic heterocycles. The molecule has 18 heavy (non-hydrogen) atoms. The van der Waals surface area contributed by atoms with Gasteiger partial charge in [-0.25, -0.2) is 0 Å². The molecular weight excluding hydrogens is 232 g/mol. The molecule has 0 aromatic carbocycles. The van der Waals surface area contributed by atoms with Gasteiger partial charge in [0.2, 0.25) is 5.91 Å². The molecule has 2 aliphatic rings. The molecular formula is C13H16N2O3. The van der Waals surface area contributed by atoms with Crippen molar-refractivity contribution in [2.24, 2.45) is 5.41 Å². The second-order valence-corrected chi connectivity index (χ2v) is 5.09. The van der Waals surface area contributed by atoms with Crippen LogP contribution in [0, 0.1) is 5.41 Å². The second-order valence-electron chi connectivity index (χ2n) is 5.09. The Hall–Kier alpha value is -1.78. The van der Waals surface area contributed by atoms with Crippen LogP contribution in [0.2, 0.25) is 0 Å². The summed E-state index contributed by atoms with van der Waals surface area (Å²) in [7, 11) is 0. The van der Waals surface area contributed by atoms with Crippen LogP contribution >= 0.6 is 0 Å². The normalized spacial score (nSPS) is 22.2. The van der Waals surface area contributed by atoms with Gasteiger partial charge in [0.15, 0.2) is 0 Å². The zero-order valence-corrected chi connectivity index (χ0v) is 10.1. The van der Waals surface area contributed by atoms with Crippen molar-refractivity contribution < 1.29 is 14.0 Å². The van der Waals surface area contributed by atoms with Crippen LogP contribution in [0.15, 0.2) is 23.0 Å². The van der Waals surface area contributed by atoms with E-state index in [2.05, 4.69) is 5.32 Å². The number of rotatable bonds is 1. The number of nitrogens with zero attached hydrogens (tertiary/aromatic N) is 1.